The number of benzene rings is 1. The van der Waals surface area contributed by atoms with Gasteiger partial charge in [-0.05, 0) is 79.7 Å². The van der Waals surface area contributed by atoms with Crippen LogP contribution in [0.1, 0.15) is 17.0 Å². The van der Waals surface area contributed by atoms with Crippen LogP contribution in [0.25, 0.3) is 23.2 Å². The molecule has 4 aromatic rings. The lowest BCUT2D eigenvalue weighted by Crippen LogP contribution is -2.00. The summed E-state index contributed by atoms with van der Waals surface area (Å²) in [5, 5.41) is 17.7. The maximum absolute atomic E-state index is 11.9. The lowest BCUT2D eigenvalue weighted by molar-refractivity contribution is -0.131. The molecule has 0 aliphatic rings. The van der Waals surface area contributed by atoms with Crippen LogP contribution in [0.15, 0.2) is 64.9 Å². The molecule has 4 rings (SSSR count). The van der Waals surface area contributed by atoms with Gasteiger partial charge in [0.05, 0.1) is 11.9 Å². The minimum atomic E-state index is -1.05. The Bertz CT molecular complexity index is 1260. The molecule has 0 amide bonds. The predicted molar refractivity (Wildman–Crippen MR) is 121 cm³/mol. The highest BCUT2D eigenvalue weighted by Crippen LogP contribution is 2.30. The largest absolute Gasteiger partial charge is 0.477 e. The Morgan fingerprint density at radius 1 is 1.23 bits per heavy atom. The summed E-state index contributed by atoms with van der Waals surface area (Å²) in [5.74, 6) is -0.507. The van der Waals surface area contributed by atoms with Crippen LogP contribution < -0.4 is 0 Å². The summed E-state index contributed by atoms with van der Waals surface area (Å²) in [7, 11) is 0. The van der Waals surface area contributed by atoms with E-state index in [2.05, 4.69) is 20.2 Å². The van der Waals surface area contributed by atoms with Gasteiger partial charge in [0.1, 0.15) is 4.91 Å². The van der Waals surface area contributed by atoms with Gasteiger partial charge in [0.25, 0.3) is 0 Å². The van der Waals surface area contributed by atoms with Crippen LogP contribution in [0, 0.1) is 13.8 Å². The Morgan fingerprint density at radius 3 is 2.68 bits per heavy atom. The van der Waals surface area contributed by atoms with E-state index in [0.717, 1.165) is 40.0 Å². The van der Waals surface area contributed by atoms with Crippen LogP contribution >= 0.6 is 23.4 Å². The molecule has 0 radical (unpaired) electrons. The van der Waals surface area contributed by atoms with Gasteiger partial charge in [0.2, 0.25) is 5.16 Å². The first-order valence-corrected chi connectivity index (χ1v) is 10.5. The third-order valence-corrected chi connectivity index (χ3v) is 5.79. The molecule has 0 saturated heterocycles. The van der Waals surface area contributed by atoms with Gasteiger partial charge in [-0.3, -0.25) is 10.1 Å². The van der Waals surface area contributed by atoms with E-state index < -0.39 is 5.97 Å². The van der Waals surface area contributed by atoms with Crippen molar-refractivity contribution in [1.82, 2.24) is 24.7 Å². The van der Waals surface area contributed by atoms with Crippen molar-refractivity contribution in [2.45, 2.75) is 19.0 Å². The molecule has 0 saturated carbocycles. The highest BCUT2D eigenvalue weighted by molar-refractivity contribution is 8.04. The Morgan fingerprint density at radius 2 is 2.00 bits per heavy atom. The molecule has 0 unspecified atom stereocenters. The normalized spacial score (nSPS) is 11.6. The lowest BCUT2D eigenvalue weighted by atomic mass is 10.2. The van der Waals surface area contributed by atoms with E-state index >= 15 is 0 Å². The summed E-state index contributed by atoms with van der Waals surface area (Å²) in [6, 6.07) is 12.9. The third-order valence-electron chi connectivity index (χ3n) is 4.66. The summed E-state index contributed by atoms with van der Waals surface area (Å²) < 4.78 is 2.04. The molecule has 3 aromatic heterocycles. The molecule has 0 fully saturated rings. The van der Waals surface area contributed by atoms with Crippen LogP contribution in [0.2, 0.25) is 5.02 Å². The fraction of sp³-hybridized carbons (Fsp3) is 0.0909. The molecule has 9 heteroatoms. The number of pyridine rings is 1. The summed E-state index contributed by atoms with van der Waals surface area (Å²) in [6.07, 6.45) is 5.12. The number of hydrogen-bond donors (Lipinski definition) is 2. The number of aromatic amines is 1. The van der Waals surface area contributed by atoms with E-state index in [0.29, 0.717) is 16.0 Å². The number of aliphatic carboxylic acids is 1. The first-order chi connectivity index (χ1) is 14.9. The quantitative estimate of drug-likeness (QED) is 0.311. The summed E-state index contributed by atoms with van der Waals surface area (Å²) in [6.45, 7) is 3.92. The number of hydrogen-bond acceptors (Lipinski definition) is 5. The van der Waals surface area contributed by atoms with Gasteiger partial charge in [-0.15, -0.1) is 5.10 Å². The van der Waals surface area contributed by atoms with Crippen LogP contribution in [-0.2, 0) is 4.79 Å². The first kappa shape index (κ1) is 20.9. The Labute approximate surface area is 187 Å². The zero-order valence-corrected chi connectivity index (χ0v) is 18.3. The fourth-order valence-corrected chi connectivity index (χ4v) is 4.04. The van der Waals surface area contributed by atoms with Gasteiger partial charge in [0, 0.05) is 28.2 Å². The highest BCUT2D eigenvalue weighted by atomic mass is 35.5. The number of carboxylic acids is 1. The molecule has 0 aliphatic carbocycles. The molecule has 1 aromatic carbocycles. The van der Waals surface area contributed by atoms with Crippen molar-refractivity contribution >= 4 is 35.4 Å². The zero-order chi connectivity index (χ0) is 22.0. The molecule has 156 valence electrons. The van der Waals surface area contributed by atoms with Gasteiger partial charge in [-0.2, -0.15) is 0 Å². The van der Waals surface area contributed by atoms with Crippen LogP contribution in [0.5, 0.6) is 0 Å². The Hall–Kier alpha value is -3.36. The van der Waals surface area contributed by atoms with Crippen molar-refractivity contribution in [1.29, 1.82) is 0 Å². The van der Waals surface area contributed by atoms with Crippen molar-refractivity contribution in [2.24, 2.45) is 0 Å². The zero-order valence-electron chi connectivity index (χ0n) is 16.7. The minimum Gasteiger partial charge on any atom is -0.477 e. The molecular weight excluding hydrogens is 434 g/mol. The molecule has 0 spiro atoms. The second-order valence-electron chi connectivity index (χ2n) is 6.76. The Balaban J connectivity index is 1.63. The molecule has 2 N–H and O–H groups in total. The average Bonchev–Trinajstić information content (AvgIpc) is 3.33. The van der Waals surface area contributed by atoms with Crippen LogP contribution in [0.4, 0.5) is 0 Å². The number of halogens is 1. The topological polar surface area (TPSA) is 96.7 Å². The minimum absolute atomic E-state index is 0.119. The number of thioether (sulfide) groups is 1. The van der Waals surface area contributed by atoms with Crippen LogP contribution in [0.3, 0.4) is 0 Å². The first-order valence-electron chi connectivity index (χ1n) is 9.33. The number of H-pyrrole nitrogens is 1. The van der Waals surface area contributed by atoms with E-state index in [1.807, 2.05) is 48.7 Å². The molecule has 0 atom stereocenters. The van der Waals surface area contributed by atoms with E-state index in [1.54, 1.807) is 30.6 Å². The van der Waals surface area contributed by atoms with Gasteiger partial charge in [0.15, 0.2) is 5.82 Å². The number of nitrogens with zero attached hydrogens (tertiary/aromatic N) is 4. The van der Waals surface area contributed by atoms with E-state index in [4.69, 9.17) is 11.6 Å². The lowest BCUT2D eigenvalue weighted by Gasteiger charge is -2.08. The van der Waals surface area contributed by atoms with Gasteiger partial charge in [-0.25, -0.2) is 9.78 Å². The average molecular weight is 452 g/mol. The second-order valence-corrected chi connectivity index (χ2v) is 8.21. The standard InChI is InChI=1S/C22H18ClN5O2S/c1-13-10-16(14(2)28(13)18-4-3-9-24-12-18)11-19(21(29)30)31-22-25-20(26-27-22)15-5-7-17(23)8-6-15/h3-12H,1-2H3,(H,29,30)(H,25,26,27)/b19-11-. The van der Waals surface area contributed by atoms with Gasteiger partial charge >= 0.3 is 5.97 Å². The van der Waals surface area contributed by atoms with Crippen molar-refractivity contribution in [3.63, 3.8) is 0 Å². The van der Waals surface area contributed by atoms with Crippen molar-refractivity contribution in [3.8, 4) is 17.1 Å². The number of aromatic nitrogens is 5. The molecule has 0 aliphatic heterocycles. The van der Waals surface area contributed by atoms with Gasteiger partial charge < -0.3 is 9.67 Å². The number of nitrogens with one attached hydrogen (secondary N) is 1. The van der Waals surface area contributed by atoms with Gasteiger partial charge in [-0.1, -0.05) is 11.6 Å². The fourth-order valence-electron chi connectivity index (χ4n) is 3.22. The maximum Gasteiger partial charge on any atom is 0.342 e. The molecule has 3 heterocycles. The van der Waals surface area contributed by atoms with Crippen molar-refractivity contribution < 1.29 is 9.90 Å². The van der Waals surface area contributed by atoms with Crippen LogP contribution in [-0.4, -0.2) is 35.8 Å². The number of carboxylic acid groups (broad SMARTS) is 1. The highest BCUT2D eigenvalue weighted by Gasteiger charge is 2.17. The maximum atomic E-state index is 11.9. The number of rotatable bonds is 6. The Kier molecular flexibility index (Phi) is 5.92. The second kappa shape index (κ2) is 8.79. The predicted octanol–water partition coefficient (Wildman–Crippen LogP) is 5.15. The molecule has 0 bridgehead atoms. The number of carbonyl (C=O) groups is 1. The molecule has 31 heavy (non-hydrogen) atoms. The van der Waals surface area contributed by atoms with Crippen molar-refractivity contribution in [3.05, 3.63) is 81.7 Å². The third kappa shape index (κ3) is 4.55. The van der Waals surface area contributed by atoms with Crippen molar-refractivity contribution in [2.75, 3.05) is 0 Å². The summed E-state index contributed by atoms with van der Waals surface area (Å²) >= 11 is 6.91. The van der Waals surface area contributed by atoms with E-state index in [-0.39, 0.29) is 4.91 Å². The summed E-state index contributed by atoms with van der Waals surface area (Å²) in [5.41, 5.74) is 4.43. The van der Waals surface area contributed by atoms with E-state index in [9.17, 15) is 9.90 Å². The smallest absolute Gasteiger partial charge is 0.342 e. The monoisotopic (exact) mass is 451 g/mol. The molecular formula is C22H18ClN5O2S. The number of aryl methyl sites for hydroxylation is 1. The SMILES string of the molecule is Cc1cc(/C=C(\Sc2n[nH]c(-c3ccc(Cl)cc3)n2)C(=O)O)c(C)n1-c1cccnc1. The molecule has 7 nitrogen and oxygen atoms in total. The summed E-state index contributed by atoms with van der Waals surface area (Å²) in [4.78, 5) is 20.6. The van der Waals surface area contributed by atoms with E-state index in [1.165, 1.54) is 0 Å².